The van der Waals surface area contributed by atoms with Crippen molar-refractivity contribution in [2.24, 2.45) is 0 Å². The van der Waals surface area contributed by atoms with E-state index >= 15 is 0 Å². The molecule has 0 spiro atoms. The van der Waals surface area contributed by atoms with E-state index in [2.05, 4.69) is 5.32 Å². The minimum Gasteiger partial charge on any atom is -0.463 e. The molecule has 1 atom stereocenters. The van der Waals surface area contributed by atoms with Crippen LogP contribution in [-0.2, 0) is 17.6 Å². The zero-order valence-corrected chi connectivity index (χ0v) is 16.5. The van der Waals surface area contributed by atoms with Crippen LogP contribution in [0.5, 0.6) is 5.75 Å². The number of hydrogen-bond acceptors (Lipinski definition) is 3. The molecular formula is C24H20F3NO3. The molecule has 0 radical (unpaired) electrons. The Hall–Kier alpha value is -3.61. The van der Waals surface area contributed by atoms with Gasteiger partial charge < -0.3 is 10.1 Å². The highest BCUT2D eigenvalue weighted by Gasteiger charge is 2.24. The average molecular weight is 427 g/mol. The molecule has 0 heterocycles. The molecule has 1 unspecified atom stereocenters. The van der Waals surface area contributed by atoms with Crippen molar-refractivity contribution in [1.82, 2.24) is 5.32 Å². The van der Waals surface area contributed by atoms with E-state index in [1.807, 2.05) is 6.07 Å². The lowest BCUT2D eigenvalue weighted by Gasteiger charge is -2.19. The van der Waals surface area contributed by atoms with E-state index in [9.17, 15) is 22.8 Å². The highest BCUT2D eigenvalue weighted by Crippen LogP contribution is 2.22. The Labute approximate surface area is 177 Å². The number of carbonyl (C=O) groups excluding carboxylic acids is 2. The van der Waals surface area contributed by atoms with Gasteiger partial charge in [0.1, 0.15) is 17.4 Å². The lowest BCUT2D eigenvalue weighted by Crippen LogP contribution is -2.43. The number of rotatable bonds is 9. The molecule has 7 heteroatoms. The SMILES string of the molecule is O=C(NC(Cc1ccccc1)C(=O)Cc1cc(F)ccc1OCF)c1ccccc1F. The summed E-state index contributed by atoms with van der Waals surface area (Å²) in [7, 11) is 0. The standard InChI is InChI=1S/C24H20F3NO3/c25-15-31-23-11-10-18(26)13-17(23)14-22(29)21(12-16-6-2-1-3-7-16)28-24(30)19-8-4-5-9-20(19)27/h1-11,13,21H,12,14-15H2,(H,28,30). The Morgan fingerprint density at radius 1 is 0.935 bits per heavy atom. The van der Waals surface area contributed by atoms with E-state index in [1.54, 1.807) is 24.3 Å². The third-order valence-electron chi connectivity index (χ3n) is 4.69. The second-order valence-corrected chi connectivity index (χ2v) is 6.84. The molecule has 0 aliphatic heterocycles. The van der Waals surface area contributed by atoms with Gasteiger partial charge in [-0.1, -0.05) is 42.5 Å². The largest absolute Gasteiger partial charge is 0.463 e. The zero-order valence-electron chi connectivity index (χ0n) is 16.5. The number of ether oxygens (including phenoxy) is 1. The van der Waals surface area contributed by atoms with Crippen LogP contribution in [-0.4, -0.2) is 24.6 Å². The third-order valence-corrected chi connectivity index (χ3v) is 4.69. The monoisotopic (exact) mass is 427 g/mol. The third kappa shape index (κ3) is 5.94. The van der Waals surface area contributed by atoms with Crippen molar-refractivity contribution in [3.63, 3.8) is 0 Å². The van der Waals surface area contributed by atoms with E-state index < -0.39 is 36.2 Å². The smallest absolute Gasteiger partial charge is 0.254 e. The summed E-state index contributed by atoms with van der Waals surface area (Å²) in [5, 5.41) is 2.57. The number of Topliss-reactive ketones (excluding diaryl/α,β-unsaturated/α-hetero) is 1. The maximum Gasteiger partial charge on any atom is 0.254 e. The average Bonchev–Trinajstić information content (AvgIpc) is 2.76. The first kappa shape index (κ1) is 22.1. The van der Waals surface area contributed by atoms with Crippen LogP contribution in [0.4, 0.5) is 13.2 Å². The van der Waals surface area contributed by atoms with Gasteiger partial charge in [0.25, 0.3) is 5.91 Å². The quantitative estimate of drug-likeness (QED) is 0.550. The van der Waals surface area contributed by atoms with Crippen LogP contribution in [0.25, 0.3) is 0 Å². The highest BCUT2D eigenvalue weighted by atomic mass is 19.1. The van der Waals surface area contributed by atoms with Gasteiger partial charge in [-0.15, -0.1) is 0 Å². The van der Waals surface area contributed by atoms with Gasteiger partial charge in [-0.3, -0.25) is 9.59 Å². The van der Waals surface area contributed by atoms with Gasteiger partial charge in [0.05, 0.1) is 11.6 Å². The predicted molar refractivity (Wildman–Crippen MR) is 110 cm³/mol. The van der Waals surface area contributed by atoms with Crippen molar-refractivity contribution in [3.8, 4) is 5.75 Å². The molecule has 1 amide bonds. The summed E-state index contributed by atoms with van der Waals surface area (Å²) < 4.78 is 45.2. The first-order valence-electron chi connectivity index (χ1n) is 9.57. The fourth-order valence-corrected chi connectivity index (χ4v) is 3.17. The number of halogens is 3. The van der Waals surface area contributed by atoms with E-state index in [0.717, 1.165) is 23.8 Å². The fraction of sp³-hybridized carbons (Fsp3) is 0.167. The number of hydrogen-bond donors (Lipinski definition) is 1. The minimum absolute atomic E-state index is 0.0381. The summed E-state index contributed by atoms with van der Waals surface area (Å²) in [4.78, 5) is 25.7. The van der Waals surface area contributed by atoms with Crippen molar-refractivity contribution < 1.29 is 27.5 Å². The van der Waals surface area contributed by atoms with E-state index in [1.165, 1.54) is 24.3 Å². The lowest BCUT2D eigenvalue weighted by molar-refractivity contribution is -0.120. The first-order chi connectivity index (χ1) is 15.0. The topological polar surface area (TPSA) is 55.4 Å². The summed E-state index contributed by atoms with van der Waals surface area (Å²) in [6, 6.07) is 16.8. The Morgan fingerprint density at radius 2 is 1.65 bits per heavy atom. The summed E-state index contributed by atoms with van der Waals surface area (Å²) in [6.07, 6.45) is -0.156. The van der Waals surface area contributed by atoms with Crippen molar-refractivity contribution >= 4 is 11.7 Å². The van der Waals surface area contributed by atoms with Gasteiger partial charge in [0.15, 0.2) is 5.78 Å². The number of alkyl halides is 1. The second kappa shape index (κ2) is 10.4. The van der Waals surface area contributed by atoms with E-state index in [-0.39, 0.29) is 29.7 Å². The molecule has 31 heavy (non-hydrogen) atoms. The molecule has 0 fully saturated rings. The molecule has 0 aromatic heterocycles. The molecule has 4 nitrogen and oxygen atoms in total. The van der Waals surface area contributed by atoms with Crippen LogP contribution < -0.4 is 10.1 Å². The lowest BCUT2D eigenvalue weighted by atomic mass is 9.96. The molecule has 0 aliphatic rings. The van der Waals surface area contributed by atoms with Crippen LogP contribution in [0.1, 0.15) is 21.5 Å². The minimum atomic E-state index is -1.13. The van der Waals surface area contributed by atoms with Crippen LogP contribution in [0, 0.1) is 11.6 Å². The Balaban J connectivity index is 1.85. The fourth-order valence-electron chi connectivity index (χ4n) is 3.17. The highest BCUT2D eigenvalue weighted by molar-refractivity contribution is 5.98. The van der Waals surface area contributed by atoms with Crippen LogP contribution >= 0.6 is 0 Å². The molecule has 0 saturated carbocycles. The van der Waals surface area contributed by atoms with Gasteiger partial charge in [0.2, 0.25) is 6.86 Å². The molecule has 0 saturated heterocycles. The van der Waals surface area contributed by atoms with Gasteiger partial charge in [-0.05, 0) is 42.3 Å². The summed E-state index contributed by atoms with van der Waals surface area (Å²) in [5.74, 6) is -2.48. The molecule has 3 aromatic rings. The second-order valence-electron chi connectivity index (χ2n) is 6.84. The summed E-state index contributed by atoms with van der Waals surface area (Å²) in [6.45, 7) is -1.13. The van der Waals surface area contributed by atoms with Crippen LogP contribution in [0.3, 0.4) is 0 Å². The molecule has 0 aliphatic carbocycles. The maximum absolute atomic E-state index is 14.0. The molecule has 0 bridgehead atoms. The molecule has 1 N–H and O–H groups in total. The molecule has 3 rings (SSSR count). The number of carbonyl (C=O) groups is 2. The zero-order chi connectivity index (χ0) is 22.2. The molecular weight excluding hydrogens is 407 g/mol. The summed E-state index contributed by atoms with van der Waals surface area (Å²) >= 11 is 0. The predicted octanol–water partition coefficient (Wildman–Crippen LogP) is 4.42. The Kier molecular flexibility index (Phi) is 7.43. The summed E-state index contributed by atoms with van der Waals surface area (Å²) in [5.41, 5.74) is 0.732. The van der Waals surface area contributed by atoms with Crippen LogP contribution in [0.15, 0.2) is 72.8 Å². The first-order valence-corrected chi connectivity index (χ1v) is 9.57. The number of ketones is 1. The molecule has 3 aromatic carbocycles. The van der Waals surface area contributed by atoms with Crippen molar-refractivity contribution in [2.75, 3.05) is 6.86 Å². The number of benzene rings is 3. The Morgan fingerprint density at radius 3 is 2.35 bits per heavy atom. The van der Waals surface area contributed by atoms with Gasteiger partial charge in [-0.2, -0.15) is 0 Å². The van der Waals surface area contributed by atoms with E-state index in [0.29, 0.717) is 0 Å². The van der Waals surface area contributed by atoms with Crippen molar-refractivity contribution in [3.05, 3.63) is 101 Å². The van der Waals surface area contributed by atoms with Gasteiger partial charge >= 0.3 is 0 Å². The number of amides is 1. The normalized spacial score (nSPS) is 11.6. The maximum atomic E-state index is 14.0. The number of nitrogens with one attached hydrogen (secondary N) is 1. The van der Waals surface area contributed by atoms with Crippen molar-refractivity contribution in [2.45, 2.75) is 18.9 Å². The van der Waals surface area contributed by atoms with Crippen molar-refractivity contribution in [1.29, 1.82) is 0 Å². The molecule has 160 valence electrons. The Bertz CT molecular complexity index is 1060. The van der Waals surface area contributed by atoms with E-state index in [4.69, 9.17) is 4.74 Å². The van der Waals surface area contributed by atoms with Gasteiger partial charge in [-0.25, -0.2) is 13.2 Å². The van der Waals surface area contributed by atoms with Gasteiger partial charge in [0, 0.05) is 12.0 Å². The van der Waals surface area contributed by atoms with Crippen LogP contribution in [0.2, 0.25) is 0 Å².